The Morgan fingerprint density at radius 3 is 2.05 bits per heavy atom. The van der Waals surface area contributed by atoms with Crippen molar-refractivity contribution in [2.45, 2.75) is 199 Å². The highest BCUT2D eigenvalue weighted by atomic mass is 16.7. The van der Waals surface area contributed by atoms with Gasteiger partial charge in [-0.05, 0) is 105 Å². The van der Waals surface area contributed by atoms with Crippen LogP contribution in [0.25, 0.3) is 0 Å². The van der Waals surface area contributed by atoms with E-state index in [-0.39, 0.29) is 29.1 Å². The second-order valence-electron chi connectivity index (χ2n) is 19.0. The molecule has 4 aliphatic carbocycles. The Bertz CT molecular complexity index is 1680. The molecule has 7 aliphatic rings. The van der Waals surface area contributed by atoms with Gasteiger partial charge in [0.2, 0.25) is 0 Å². The van der Waals surface area contributed by atoms with Gasteiger partial charge in [0.25, 0.3) is 0 Å². The first kappa shape index (κ1) is 44.8. The lowest BCUT2D eigenvalue weighted by molar-refractivity contribution is -0.343. The number of esters is 2. The molecule has 3 heterocycles. The molecule has 19 unspecified atom stereocenters. The Balaban J connectivity index is 1.12. The van der Waals surface area contributed by atoms with Crippen LogP contribution >= 0.6 is 0 Å². The molecule has 7 rings (SSSR count). The third-order valence-corrected chi connectivity index (χ3v) is 16.2. The molecule has 0 aromatic carbocycles. The fourth-order valence-corrected chi connectivity index (χ4v) is 12.8. The van der Waals surface area contributed by atoms with Gasteiger partial charge in [0, 0.05) is 49.0 Å². The summed E-state index contributed by atoms with van der Waals surface area (Å²) in [7, 11) is 3.04. The van der Waals surface area contributed by atoms with Crippen LogP contribution in [0.3, 0.4) is 0 Å². The first-order chi connectivity index (χ1) is 27.9. The molecule has 0 aromatic rings. The van der Waals surface area contributed by atoms with Crippen LogP contribution in [0.15, 0.2) is 23.3 Å². The Hall–Kier alpha value is -2.27. The highest BCUT2D eigenvalue weighted by Crippen LogP contribution is 2.81. The number of methoxy groups -OCH3 is 2. The summed E-state index contributed by atoms with van der Waals surface area (Å²) in [6, 6.07) is 0. The van der Waals surface area contributed by atoms with Gasteiger partial charge in [0.15, 0.2) is 12.6 Å². The predicted octanol–water partition coefficient (Wildman–Crippen LogP) is 4.89. The van der Waals surface area contributed by atoms with Gasteiger partial charge in [0.05, 0.1) is 24.4 Å². The first-order valence-electron chi connectivity index (χ1n) is 21.8. The minimum absolute atomic E-state index is 0.0199. The molecule has 0 amide bonds. The highest BCUT2D eigenvalue weighted by molar-refractivity contribution is 5.89. The van der Waals surface area contributed by atoms with Crippen molar-refractivity contribution in [2.24, 2.45) is 28.6 Å². The molecule has 0 aromatic heterocycles. The van der Waals surface area contributed by atoms with Crippen molar-refractivity contribution in [1.82, 2.24) is 0 Å². The van der Waals surface area contributed by atoms with E-state index in [1.165, 1.54) is 7.11 Å². The molecule has 19 atom stereocenters. The molecule has 0 bridgehead atoms. The van der Waals surface area contributed by atoms with Crippen molar-refractivity contribution in [3.8, 4) is 0 Å². The Labute approximate surface area is 348 Å². The predicted molar refractivity (Wildman–Crippen MR) is 211 cm³/mol. The normalized spacial score (nSPS) is 49.5. The monoisotopic (exact) mass is 832 g/mol. The quantitative estimate of drug-likeness (QED) is 0.125. The van der Waals surface area contributed by atoms with Gasteiger partial charge < -0.3 is 52.8 Å². The zero-order chi connectivity index (χ0) is 43.0. The van der Waals surface area contributed by atoms with E-state index in [0.717, 1.165) is 25.7 Å². The molecule has 0 radical (unpaired) electrons. The van der Waals surface area contributed by atoms with E-state index in [4.69, 9.17) is 42.6 Å². The summed E-state index contributed by atoms with van der Waals surface area (Å²) < 4.78 is 56.9. The number of carbonyl (C=O) groups is 3. The molecule has 3 saturated heterocycles. The van der Waals surface area contributed by atoms with E-state index in [1.807, 2.05) is 13.8 Å². The number of ketones is 1. The minimum atomic E-state index is -1.22. The third kappa shape index (κ3) is 6.99. The van der Waals surface area contributed by atoms with Crippen molar-refractivity contribution in [1.29, 1.82) is 0 Å². The van der Waals surface area contributed by atoms with Gasteiger partial charge in [-0.25, -0.2) is 9.59 Å². The van der Waals surface area contributed by atoms with E-state index < -0.39 is 102 Å². The lowest BCUT2D eigenvalue weighted by atomic mass is 9.43. The summed E-state index contributed by atoms with van der Waals surface area (Å²) >= 11 is 0. The van der Waals surface area contributed by atoms with Crippen LogP contribution in [0.2, 0.25) is 0 Å². The molecule has 14 nitrogen and oxygen atoms in total. The highest BCUT2D eigenvalue weighted by Gasteiger charge is 2.91. The van der Waals surface area contributed by atoms with Gasteiger partial charge in [0.1, 0.15) is 53.6 Å². The van der Waals surface area contributed by atoms with Crippen LogP contribution in [0.5, 0.6) is 0 Å². The van der Waals surface area contributed by atoms with E-state index in [2.05, 4.69) is 6.92 Å². The maximum atomic E-state index is 13.9. The number of ether oxygens (including phenoxy) is 9. The van der Waals surface area contributed by atoms with Gasteiger partial charge >= 0.3 is 11.9 Å². The van der Waals surface area contributed by atoms with Gasteiger partial charge in [-0.15, -0.1) is 0 Å². The minimum Gasteiger partial charge on any atom is -0.455 e. The van der Waals surface area contributed by atoms with Crippen molar-refractivity contribution in [3.63, 3.8) is 0 Å². The molecule has 59 heavy (non-hydrogen) atoms. The lowest BCUT2D eigenvalue weighted by Gasteiger charge is -2.61. The molecule has 2 spiro atoms. The van der Waals surface area contributed by atoms with Crippen molar-refractivity contribution in [2.75, 3.05) is 14.2 Å². The molecule has 14 heteroatoms. The number of hydrogen-bond acceptors (Lipinski definition) is 14. The summed E-state index contributed by atoms with van der Waals surface area (Å²) in [5.41, 5.74) is -1.73. The second-order valence-corrected chi connectivity index (χ2v) is 19.0. The summed E-state index contributed by atoms with van der Waals surface area (Å²) in [5.74, 6) is -1.51. The summed E-state index contributed by atoms with van der Waals surface area (Å²) in [5, 5.41) is 21.4. The van der Waals surface area contributed by atoms with E-state index in [1.54, 1.807) is 60.8 Å². The molecule has 4 saturated carbocycles. The van der Waals surface area contributed by atoms with Crippen LogP contribution in [0, 0.1) is 28.6 Å². The topological polar surface area (TPSA) is 178 Å². The molecule has 2 N–H and O–H groups in total. The second kappa shape index (κ2) is 16.5. The summed E-state index contributed by atoms with van der Waals surface area (Å²) in [6.45, 7) is 16.5. The maximum absolute atomic E-state index is 13.9. The first-order valence-corrected chi connectivity index (χ1v) is 21.8. The molecular formula is C45H68O14. The number of carbonyl (C=O) groups excluding carboxylic acids is 3. The number of hydrogen-bond donors (Lipinski definition) is 2. The fourth-order valence-electron chi connectivity index (χ4n) is 12.8. The fraction of sp³-hybridized carbons (Fsp3) is 0.844. The number of fused-ring (bicyclic) bond motifs is 2. The van der Waals surface area contributed by atoms with Crippen LogP contribution < -0.4 is 0 Å². The number of aliphatic hydroxyl groups excluding tert-OH is 2. The summed E-state index contributed by atoms with van der Waals surface area (Å²) in [6.07, 6.45) is 0.150. The zero-order valence-corrected chi connectivity index (χ0v) is 36.8. The summed E-state index contributed by atoms with van der Waals surface area (Å²) in [4.78, 5) is 41.1. The van der Waals surface area contributed by atoms with Crippen LogP contribution in [-0.2, 0) is 57.0 Å². The average Bonchev–Trinajstić information content (AvgIpc) is 3.75. The SMILES string of the molecule is C/C=C(\C)C(=O)OC1C2C3(C)CCC(OC4CC(OC)C(OC5OC(C)C(O)C(OC)C5O)C(C)O4)CC3CCC23OC32CCC(C(C)=O)C2(C)C1OC(=O)/C(C)=C/C. The van der Waals surface area contributed by atoms with E-state index in [9.17, 15) is 24.6 Å². The number of epoxide rings is 1. The van der Waals surface area contributed by atoms with E-state index in [0.29, 0.717) is 36.8 Å². The van der Waals surface area contributed by atoms with Crippen molar-refractivity contribution >= 4 is 17.7 Å². The number of allylic oxidation sites excluding steroid dienone is 2. The lowest BCUT2D eigenvalue weighted by Crippen LogP contribution is -2.70. The number of rotatable bonds is 11. The maximum Gasteiger partial charge on any atom is 0.333 e. The standard InChI is InChI=1S/C45H68O14/c1-12-22(3)39(49)56-36-37-42(8)17-15-28(55-31-21-30(51-10)34(26(7)53-31)57-41-33(48)35(52-11)32(47)25(6)54-41)20-27(42)14-18-44(37)45(59-44)19-16-29(24(5)46)43(45,9)38(36)58-40(50)23(4)13-2/h12-13,25-38,41,47-48H,14-21H2,1-11H3/b22-12+,23-13+. The number of aliphatic hydroxyl groups is 2. The Morgan fingerprint density at radius 1 is 0.746 bits per heavy atom. The molecule has 332 valence electrons. The molecular weight excluding hydrogens is 764 g/mol. The van der Waals surface area contributed by atoms with E-state index >= 15 is 0 Å². The zero-order valence-electron chi connectivity index (χ0n) is 36.8. The van der Waals surface area contributed by atoms with Gasteiger partial charge in [-0.3, -0.25) is 4.79 Å². The van der Waals surface area contributed by atoms with Crippen LogP contribution in [0.4, 0.5) is 0 Å². The number of Topliss-reactive ketones (excluding diaryl/α,β-unsaturated/α-hetero) is 1. The van der Waals surface area contributed by atoms with Crippen LogP contribution in [0.1, 0.15) is 114 Å². The average molecular weight is 833 g/mol. The van der Waals surface area contributed by atoms with Crippen molar-refractivity contribution in [3.05, 3.63) is 23.3 Å². The third-order valence-electron chi connectivity index (χ3n) is 16.2. The molecule has 3 aliphatic heterocycles. The van der Waals surface area contributed by atoms with Gasteiger partial charge in [-0.2, -0.15) is 0 Å². The van der Waals surface area contributed by atoms with Crippen LogP contribution in [-0.4, -0.2) is 127 Å². The van der Waals surface area contributed by atoms with Crippen molar-refractivity contribution < 1.29 is 67.2 Å². The largest absolute Gasteiger partial charge is 0.455 e. The molecule has 7 fully saturated rings. The van der Waals surface area contributed by atoms with Gasteiger partial charge in [-0.1, -0.05) is 26.0 Å². The Kier molecular flexibility index (Phi) is 12.5. The smallest absolute Gasteiger partial charge is 0.333 e. The Morgan fingerprint density at radius 2 is 1.42 bits per heavy atom.